The standard InChI is InChI=1S/C21H25N5O2/c1-13(2)25(12-18-7-6-14(3)28-18)20(27)9-8-19-15(4)24-21-17(10-22)11-23-26(21)16(19)5/h6-7,11,13H,8-9,12H2,1-5H3. The minimum atomic E-state index is 0.0705. The molecule has 7 nitrogen and oxygen atoms in total. The predicted octanol–water partition coefficient (Wildman–Crippen LogP) is 3.49. The highest BCUT2D eigenvalue weighted by atomic mass is 16.3. The van der Waals surface area contributed by atoms with Gasteiger partial charge in [0.2, 0.25) is 5.91 Å². The summed E-state index contributed by atoms with van der Waals surface area (Å²) >= 11 is 0. The number of amides is 1. The number of nitrogens with zero attached hydrogens (tertiary/aromatic N) is 5. The highest BCUT2D eigenvalue weighted by Crippen LogP contribution is 2.20. The molecule has 0 saturated heterocycles. The van der Waals surface area contributed by atoms with Crippen LogP contribution in [0.4, 0.5) is 0 Å². The molecule has 0 spiro atoms. The van der Waals surface area contributed by atoms with Crippen molar-refractivity contribution in [2.45, 2.75) is 60.0 Å². The molecule has 0 aromatic carbocycles. The van der Waals surface area contributed by atoms with Crippen molar-refractivity contribution in [2.24, 2.45) is 0 Å². The van der Waals surface area contributed by atoms with E-state index < -0.39 is 0 Å². The monoisotopic (exact) mass is 379 g/mol. The van der Waals surface area contributed by atoms with E-state index in [0.717, 1.165) is 28.5 Å². The number of carbonyl (C=O) groups is 1. The number of furan rings is 1. The lowest BCUT2D eigenvalue weighted by Crippen LogP contribution is -2.36. The van der Waals surface area contributed by atoms with E-state index in [-0.39, 0.29) is 11.9 Å². The average molecular weight is 379 g/mol. The van der Waals surface area contributed by atoms with E-state index in [1.807, 2.05) is 51.7 Å². The summed E-state index contributed by atoms with van der Waals surface area (Å²) in [5, 5.41) is 13.4. The summed E-state index contributed by atoms with van der Waals surface area (Å²) in [6.07, 6.45) is 2.47. The summed E-state index contributed by atoms with van der Waals surface area (Å²) in [6, 6.07) is 6.00. The molecule has 0 N–H and O–H groups in total. The molecule has 0 unspecified atom stereocenters. The lowest BCUT2D eigenvalue weighted by molar-refractivity contribution is -0.133. The zero-order valence-corrected chi connectivity index (χ0v) is 17.0. The molecule has 0 aliphatic rings. The molecule has 0 bridgehead atoms. The van der Waals surface area contributed by atoms with Gasteiger partial charge < -0.3 is 9.32 Å². The Morgan fingerprint density at radius 1 is 1.32 bits per heavy atom. The van der Waals surface area contributed by atoms with Crippen molar-refractivity contribution < 1.29 is 9.21 Å². The molecule has 28 heavy (non-hydrogen) atoms. The second kappa shape index (κ2) is 7.85. The van der Waals surface area contributed by atoms with Crippen LogP contribution in [-0.4, -0.2) is 31.4 Å². The summed E-state index contributed by atoms with van der Waals surface area (Å²) < 4.78 is 7.31. The maximum atomic E-state index is 12.9. The van der Waals surface area contributed by atoms with Crippen LogP contribution in [0.5, 0.6) is 0 Å². The average Bonchev–Trinajstić information content (AvgIpc) is 3.24. The lowest BCUT2D eigenvalue weighted by atomic mass is 10.1. The van der Waals surface area contributed by atoms with Crippen LogP contribution in [0.1, 0.15) is 54.3 Å². The van der Waals surface area contributed by atoms with E-state index in [1.165, 1.54) is 6.20 Å². The fraction of sp³-hybridized carbons (Fsp3) is 0.429. The minimum Gasteiger partial charge on any atom is -0.464 e. The number of nitriles is 1. The third kappa shape index (κ3) is 3.77. The summed E-state index contributed by atoms with van der Waals surface area (Å²) in [5.41, 5.74) is 3.74. The Morgan fingerprint density at radius 2 is 2.07 bits per heavy atom. The Labute approximate surface area is 164 Å². The van der Waals surface area contributed by atoms with Crippen molar-refractivity contribution in [1.82, 2.24) is 19.5 Å². The Kier molecular flexibility index (Phi) is 5.50. The molecule has 1 amide bonds. The molecule has 3 rings (SSSR count). The molecular weight excluding hydrogens is 354 g/mol. The maximum Gasteiger partial charge on any atom is 0.223 e. The first kappa shape index (κ1) is 19.6. The molecule has 0 saturated carbocycles. The van der Waals surface area contributed by atoms with Crippen molar-refractivity contribution in [3.63, 3.8) is 0 Å². The van der Waals surface area contributed by atoms with E-state index in [2.05, 4.69) is 16.2 Å². The molecule has 0 aliphatic carbocycles. The molecular formula is C21H25N5O2. The highest BCUT2D eigenvalue weighted by molar-refractivity contribution is 5.76. The second-order valence-electron chi connectivity index (χ2n) is 7.29. The summed E-state index contributed by atoms with van der Waals surface area (Å²) in [6.45, 7) is 10.2. The van der Waals surface area contributed by atoms with Gasteiger partial charge >= 0.3 is 0 Å². The molecule has 0 radical (unpaired) electrons. The van der Waals surface area contributed by atoms with Crippen molar-refractivity contribution in [2.75, 3.05) is 0 Å². The number of aryl methyl sites for hydroxylation is 3. The van der Waals surface area contributed by atoms with Crippen LogP contribution >= 0.6 is 0 Å². The van der Waals surface area contributed by atoms with E-state index >= 15 is 0 Å². The fourth-order valence-electron chi connectivity index (χ4n) is 3.42. The van der Waals surface area contributed by atoms with Crippen molar-refractivity contribution in [3.05, 3.63) is 52.4 Å². The van der Waals surface area contributed by atoms with E-state index in [4.69, 9.17) is 4.42 Å². The van der Waals surface area contributed by atoms with Crippen molar-refractivity contribution in [3.8, 4) is 6.07 Å². The van der Waals surface area contributed by atoms with Crippen molar-refractivity contribution >= 4 is 11.6 Å². The first-order valence-electron chi connectivity index (χ1n) is 9.40. The quantitative estimate of drug-likeness (QED) is 0.654. The molecule has 3 heterocycles. The number of carbonyl (C=O) groups excluding carboxylic acids is 1. The largest absolute Gasteiger partial charge is 0.464 e. The minimum absolute atomic E-state index is 0.0705. The first-order valence-corrected chi connectivity index (χ1v) is 9.40. The van der Waals surface area contributed by atoms with Crippen LogP contribution in [0.25, 0.3) is 5.65 Å². The summed E-state index contributed by atoms with van der Waals surface area (Å²) in [5.74, 6) is 1.70. The zero-order chi connectivity index (χ0) is 20.4. The molecule has 0 aliphatic heterocycles. The van der Waals surface area contributed by atoms with Gasteiger partial charge in [-0.3, -0.25) is 4.79 Å². The predicted molar refractivity (Wildman–Crippen MR) is 105 cm³/mol. The molecule has 0 fully saturated rings. The molecule has 3 aromatic heterocycles. The molecule has 7 heteroatoms. The Balaban J connectivity index is 1.78. The summed E-state index contributed by atoms with van der Waals surface area (Å²) in [4.78, 5) is 19.3. The third-order valence-corrected chi connectivity index (χ3v) is 4.98. The number of fused-ring (bicyclic) bond motifs is 1. The zero-order valence-electron chi connectivity index (χ0n) is 17.0. The van der Waals surface area contributed by atoms with Gasteiger partial charge in [-0.15, -0.1) is 0 Å². The van der Waals surface area contributed by atoms with E-state index in [1.54, 1.807) is 4.52 Å². The van der Waals surface area contributed by atoms with Crippen LogP contribution in [0.2, 0.25) is 0 Å². The van der Waals surface area contributed by atoms with Crippen LogP contribution in [-0.2, 0) is 17.8 Å². The maximum absolute atomic E-state index is 12.9. The van der Waals surface area contributed by atoms with Crippen molar-refractivity contribution in [1.29, 1.82) is 5.26 Å². The molecule has 3 aromatic rings. The third-order valence-electron chi connectivity index (χ3n) is 4.98. The fourth-order valence-corrected chi connectivity index (χ4v) is 3.42. The van der Waals surface area contributed by atoms with Gasteiger partial charge in [-0.05, 0) is 58.7 Å². The van der Waals surface area contributed by atoms with Gasteiger partial charge in [0.15, 0.2) is 5.65 Å². The van der Waals surface area contributed by atoms with Crippen LogP contribution in [0.15, 0.2) is 22.7 Å². The SMILES string of the molecule is Cc1ccc(CN(C(=O)CCc2c(C)nc3c(C#N)cnn3c2C)C(C)C)o1. The lowest BCUT2D eigenvalue weighted by Gasteiger charge is -2.26. The Hall–Kier alpha value is -3.14. The highest BCUT2D eigenvalue weighted by Gasteiger charge is 2.20. The smallest absolute Gasteiger partial charge is 0.223 e. The normalized spacial score (nSPS) is 11.2. The van der Waals surface area contributed by atoms with Gasteiger partial charge in [-0.1, -0.05) is 0 Å². The van der Waals surface area contributed by atoms with Crippen LogP contribution in [0, 0.1) is 32.1 Å². The second-order valence-corrected chi connectivity index (χ2v) is 7.29. The molecule has 146 valence electrons. The first-order chi connectivity index (χ1) is 13.3. The number of aromatic nitrogens is 3. The van der Waals surface area contributed by atoms with Crippen LogP contribution < -0.4 is 0 Å². The summed E-state index contributed by atoms with van der Waals surface area (Å²) in [7, 11) is 0. The van der Waals surface area contributed by atoms with Gasteiger partial charge in [-0.25, -0.2) is 9.50 Å². The number of rotatable bonds is 6. The van der Waals surface area contributed by atoms with Gasteiger partial charge in [0.1, 0.15) is 23.2 Å². The van der Waals surface area contributed by atoms with Gasteiger partial charge in [0.05, 0.1) is 12.7 Å². The Bertz CT molecular complexity index is 1050. The van der Waals surface area contributed by atoms with Crippen LogP contribution in [0.3, 0.4) is 0 Å². The topological polar surface area (TPSA) is 87.4 Å². The van der Waals surface area contributed by atoms with Gasteiger partial charge in [0.25, 0.3) is 0 Å². The van der Waals surface area contributed by atoms with E-state index in [9.17, 15) is 10.1 Å². The van der Waals surface area contributed by atoms with E-state index in [0.29, 0.717) is 30.6 Å². The Morgan fingerprint density at radius 3 is 2.68 bits per heavy atom. The van der Waals surface area contributed by atoms with Gasteiger partial charge in [0, 0.05) is 23.9 Å². The number of hydrogen-bond acceptors (Lipinski definition) is 5. The van der Waals surface area contributed by atoms with Gasteiger partial charge in [-0.2, -0.15) is 10.4 Å². The molecule has 0 atom stereocenters. The number of hydrogen-bond donors (Lipinski definition) is 0.